The van der Waals surface area contributed by atoms with E-state index in [9.17, 15) is 8.42 Å². The van der Waals surface area contributed by atoms with Crippen LogP contribution in [0.15, 0.2) is 24.3 Å². The van der Waals surface area contributed by atoms with Gasteiger partial charge in [-0.1, -0.05) is 24.3 Å². The molecule has 1 aliphatic carbocycles. The second-order valence-electron chi connectivity index (χ2n) is 7.21. The SMILES string of the molecule is O=S(=O)(N1CCCC1)N1CCN([C@H]2CCc3ccccc3C2)CC1. The molecule has 0 aromatic heterocycles. The summed E-state index contributed by atoms with van der Waals surface area (Å²) < 4.78 is 28.7. The fourth-order valence-corrected chi connectivity index (χ4v) is 6.04. The zero-order valence-corrected chi connectivity index (χ0v) is 15.0. The summed E-state index contributed by atoms with van der Waals surface area (Å²) in [4.78, 5) is 2.51. The van der Waals surface area contributed by atoms with Gasteiger partial charge in [0.2, 0.25) is 0 Å². The van der Waals surface area contributed by atoms with Gasteiger partial charge in [-0.05, 0) is 43.2 Å². The van der Waals surface area contributed by atoms with Gasteiger partial charge in [-0.3, -0.25) is 4.90 Å². The predicted octanol–water partition coefficient (Wildman–Crippen LogP) is 1.50. The Morgan fingerprint density at radius 2 is 1.46 bits per heavy atom. The van der Waals surface area contributed by atoms with Crippen LogP contribution >= 0.6 is 0 Å². The number of hydrogen-bond acceptors (Lipinski definition) is 3. The lowest BCUT2D eigenvalue weighted by atomic mass is 9.87. The first kappa shape index (κ1) is 16.5. The molecule has 2 fully saturated rings. The number of piperazine rings is 1. The first-order chi connectivity index (χ1) is 11.6. The average molecular weight is 350 g/mol. The van der Waals surface area contributed by atoms with Crippen molar-refractivity contribution in [2.75, 3.05) is 39.3 Å². The van der Waals surface area contributed by atoms with Gasteiger partial charge in [0, 0.05) is 45.3 Å². The number of hydrogen-bond donors (Lipinski definition) is 0. The highest BCUT2D eigenvalue weighted by molar-refractivity contribution is 7.86. The molecule has 4 rings (SSSR count). The van der Waals surface area contributed by atoms with Crippen molar-refractivity contribution in [3.8, 4) is 0 Å². The first-order valence-electron chi connectivity index (χ1n) is 9.21. The molecule has 2 heterocycles. The predicted molar refractivity (Wildman–Crippen MR) is 95.1 cm³/mol. The molecule has 0 radical (unpaired) electrons. The molecule has 0 saturated carbocycles. The van der Waals surface area contributed by atoms with E-state index >= 15 is 0 Å². The minimum atomic E-state index is -3.22. The topological polar surface area (TPSA) is 43.9 Å². The Labute approximate surface area is 145 Å². The van der Waals surface area contributed by atoms with E-state index in [0.29, 0.717) is 32.2 Å². The van der Waals surface area contributed by atoms with Crippen molar-refractivity contribution in [3.63, 3.8) is 0 Å². The summed E-state index contributed by atoms with van der Waals surface area (Å²) in [6.45, 7) is 4.39. The molecular formula is C18H27N3O2S. The van der Waals surface area contributed by atoms with Gasteiger partial charge in [0.25, 0.3) is 10.2 Å². The highest BCUT2D eigenvalue weighted by Gasteiger charge is 2.35. The van der Waals surface area contributed by atoms with Crippen molar-refractivity contribution in [1.29, 1.82) is 0 Å². The van der Waals surface area contributed by atoms with Gasteiger partial charge in [-0.25, -0.2) is 0 Å². The van der Waals surface area contributed by atoms with Gasteiger partial charge in [0.05, 0.1) is 0 Å². The third kappa shape index (κ3) is 3.12. The zero-order valence-electron chi connectivity index (χ0n) is 14.2. The molecule has 2 aliphatic heterocycles. The second-order valence-corrected chi connectivity index (χ2v) is 9.14. The molecule has 3 aliphatic rings. The van der Waals surface area contributed by atoms with E-state index in [2.05, 4.69) is 29.2 Å². The van der Waals surface area contributed by atoms with Crippen LogP contribution in [-0.2, 0) is 23.1 Å². The van der Waals surface area contributed by atoms with Crippen molar-refractivity contribution in [3.05, 3.63) is 35.4 Å². The second kappa shape index (κ2) is 6.75. The summed E-state index contributed by atoms with van der Waals surface area (Å²) in [5.74, 6) is 0. The molecular weight excluding hydrogens is 322 g/mol. The van der Waals surface area contributed by atoms with Gasteiger partial charge in [-0.15, -0.1) is 0 Å². The van der Waals surface area contributed by atoms with Gasteiger partial charge < -0.3 is 0 Å². The molecule has 5 nitrogen and oxygen atoms in total. The Balaban J connectivity index is 1.37. The van der Waals surface area contributed by atoms with Crippen LogP contribution < -0.4 is 0 Å². The lowest BCUT2D eigenvalue weighted by Gasteiger charge is -2.41. The molecule has 1 aromatic rings. The summed E-state index contributed by atoms with van der Waals surface area (Å²) in [7, 11) is -3.22. The molecule has 24 heavy (non-hydrogen) atoms. The maximum absolute atomic E-state index is 12.7. The van der Waals surface area contributed by atoms with Crippen LogP contribution in [0.25, 0.3) is 0 Å². The monoisotopic (exact) mass is 349 g/mol. The molecule has 0 bridgehead atoms. The Morgan fingerprint density at radius 1 is 0.833 bits per heavy atom. The van der Waals surface area contributed by atoms with Crippen LogP contribution in [0.2, 0.25) is 0 Å². The van der Waals surface area contributed by atoms with Gasteiger partial charge in [0.1, 0.15) is 0 Å². The minimum absolute atomic E-state index is 0.566. The Kier molecular flexibility index (Phi) is 4.64. The molecule has 1 aromatic carbocycles. The number of nitrogens with zero attached hydrogens (tertiary/aromatic N) is 3. The van der Waals surface area contributed by atoms with Gasteiger partial charge in [0.15, 0.2) is 0 Å². The summed E-state index contributed by atoms with van der Waals surface area (Å²) >= 11 is 0. The Bertz CT molecular complexity index is 677. The van der Waals surface area contributed by atoms with E-state index in [-0.39, 0.29) is 0 Å². The zero-order chi connectivity index (χ0) is 16.6. The largest absolute Gasteiger partial charge is 0.297 e. The van der Waals surface area contributed by atoms with Crippen molar-refractivity contribution in [1.82, 2.24) is 13.5 Å². The van der Waals surface area contributed by atoms with Crippen LogP contribution in [0.4, 0.5) is 0 Å². The molecule has 6 heteroatoms. The molecule has 0 spiro atoms. The van der Waals surface area contributed by atoms with E-state index in [1.807, 2.05) is 0 Å². The van der Waals surface area contributed by atoms with Crippen molar-refractivity contribution in [2.24, 2.45) is 0 Å². The van der Waals surface area contributed by atoms with E-state index < -0.39 is 10.2 Å². The minimum Gasteiger partial charge on any atom is -0.297 e. The molecule has 0 amide bonds. The standard InChI is InChI=1S/C18H27N3O2S/c22-24(23,20-9-3-4-10-20)21-13-11-19(12-14-21)18-8-7-16-5-1-2-6-17(16)15-18/h1-2,5-6,18H,3-4,7-15H2/t18-/m0/s1. The number of fused-ring (bicyclic) bond motifs is 1. The summed E-state index contributed by atoms with van der Waals surface area (Å²) in [6, 6.07) is 9.31. The van der Waals surface area contributed by atoms with E-state index in [1.165, 1.54) is 17.5 Å². The summed E-state index contributed by atoms with van der Waals surface area (Å²) in [6.07, 6.45) is 5.44. The molecule has 0 N–H and O–H groups in total. The lowest BCUT2D eigenvalue weighted by Crippen LogP contribution is -2.55. The van der Waals surface area contributed by atoms with Crippen LogP contribution in [-0.4, -0.2) is 67.2 Å². The molecule has 1 atom stereocenters. The number of benzene rings is 1. The van der Waals surface area contributed by atoms with E-state index in [0.717, 1.165) is 38.8 Å². The number of rotatable bonds is 3. The Hall–Kier alpha value is -0.950. The molecule has 2 saturated heterocycles. The number of aryl methyl sites for hydroxylation is 1. The van der Waals surface area contributed by atoms with Crippen LogP contribution in [0, 0.1) is 0 Å². The fourth-order valence-electron chi connectivity index (χ4n) is 4.37. The van der Waals surface area contributed by atoms with Crippen molar-refractivity contribution in [2.45, 2.75) is 38.1 Å². The molecule has 132 valence electrons. The highest BCUT2D eigenvalue weighted by atomic mass is 32.2. The van der Waals surface area contributed by atoms with Crippen LogP contribution in [0.1, 0.15) is 30.4 Å². The third-order valence-electron chi connectivity index (χ3n) is 5.83. The lowest BCUT2D eigenvalue weighted by molar-refractivity contribution is 0.124. The van der Waals surface area contributed by atoms with E-state index in [4.69, 9.17) is 0 Å². The van der Waals surface area contributed by atoms with Crippen LogP contribution in [0.3, 0.4) is 0 Å². The smallest absolute Gasteiger partial charge is 0.282 e. The maximum Gasteiger partial charge on any atom is 0.282 e. The van der Waals surface area contributed by atoms with Crippen molar-refractivity contribution >= 4 is 10.2 Å². The summed E-state index contributed by atoms with van der Waals surface area (Å²) in [5, 5.41) is 0. The van der Waals surface area contributed by atoms with E-state index in [1.54, 1.807) is 8.61 Å². The maximum atomic E-state index is 12.7. The normalized spacial score (nSPS) is 27.2. The molecule has 0 unspecified atom stereocenters. The Morgan fingerprint density at radius 3 is 2.17 bits per heavy atom. The third-order valence-corrected chi connectivity index (χ3v) is 7.86. The van der Waals surface area contributed by atoms with Crippen LogP contribution in [0.5, 0.6) is 0 Å². The van der Waals surface area contributed by atoms with Crippen molar-refractivity contribution < 1.29 is 8.42 Å². The quantitative estimate of drug-likeness (QED) is 0.831. The van der Waals surface area contributed by atoms with Gasteiger partial charge >= 0.3 is 0 Å². The highest BCUT2D eigenvalue weighted by Crippen LogP contribution is 2.26. The summed E-state index contributed by atoms with van der Waals surface area (Å²) in [5.41, 5.74) is 2.96. The fraction of sp³-hybridized carbons (Fsp3) is 0.667. The first-order valence-corrected chi connectivity index (χ1v) is 10.6. The average Bonchev–Trinajstić information content (AvgIpc) is 3.17. The van der Waals surface area contributed by atoms with Gasteiger partial charge in [-0.2, -0.15) is 17.0 Å².